The first kappa shape index (κ1) is 12.6. The van der Waals surface area contributed by atoms with Gasteiger partial charge >= 0.3 is 0 Å². The number of hydrogen-bond acceptors (Lipinski definition) is 3. The largest absolute Gasteiger partial charge is 0.388 e. The summed E-state index contributed by atoms with van der Waals surface area (Å²) in [7, 11) is 0. The third-order valence-corrected chi connectivity index (χ3v) is 3.66. The molecule has 1 aliphatic heterocycles. The molecule has 1 aliphatic carbocycles. The molecule has 0 aromatic carbocycles. The van der Waals surface area contributed by atoms with Crippen molar-refractivity contribution < 1.29 is 14.6 Å². The van der Waals surface area contributed by atoms with Crippen molar-refractivity contribution >= 4 is 5.91 Å². The molecule has 0 spiro atoms. The molecule has 0 saturated carbocycles. The molecule has 1 amide bonds. The van der Waals surface area contributed by atoms with Crippen LogP contribution in [0.2, 0.25) is 0 Å². The Kier molecular flexibility index (Phi) is 4.18. The van der Waals surface area contributed by atoms with Crippen LogP contribution in [0.15, 0.2) is 12.2 Å². The third-order valence-electron chi connectivity index (χ3n) is 3.66. The molecule has 0 bridgehead atoms. The van der Waals surface area contributed by atoms with Crippen molar-refractivity contribution in [3.05, 3.63) is 12.2 Å². The molecule has 1 heterocycles. The number of amides is 1. The molecule has 2 aliphatic rings. The van der Waals surface area contributed by atoms with Crippen LogP contribution in [-0.4, -0.2) is 36.4 Å². The Labute approximate surface area is 102 Å². The summed E-state index contributed by atoms with van der Waals surface area (Å²) in [5, 5.41) is 13.1. The smallest absolute Gasteiger partial charge is 0.223 e. The van der Waals surface area contributed by atoms with Gasteiger partial charge in [0.25, 0.3) is 0 Å². The van der Waals surface area contributed by atoms with Crippen LogP contribution in [0.3, 0.4) is 0 Å². The molecule has 96 valence electrons. The van der Waals surface area contributed by atoms with Crippen molar-refractivity contribution in [3.8, 4) is 0 Å². The van der Waals surface area contributed by atoms with Crippen LogP contribution in [0.4, 0.5) is 0 Å². The molecule has 0 radical (unpaired) electrons. The molecule has 17 heavy (non-hydrogen) atoms. The normalized spacial score (nSPS) is 27.7. The molecule has 1 atom stereocenters. The van der Waals surface area contributed by atoms with E-state index in [4.69, 9.17) is 4.74 Å². The number of carbonyl (C=O) groups excluding carboxylic acids is 1. The van der Waals surface area contributed by atoms with E-state index in [9.17, 15) is 9.90 Å². The van der Waals surface area contributed by atoms with Gasteiger partial charge in [-0.05, 0) is 19.3 Å². The lowest BCUT2D eigenvalue weighted by Gasteiger charge is -2.32. The Balaban J connectivity index is 1.76. The van der Waals surface area contributed by atoms with Crippen LogP contribution in [0.25, 0.3) is 0 Å². The van der Waals surface area contributed by atoms with E-state index in [1.54, 1.807) is 0 Å². The molecule has 0 aromatic rings. The first-order chi connectivity index (χ1) is 8.20. The molecule has 0 aromatic heterocycles. The Morgan fingerprint density at radius 2 is 2.18 bits per heavy atom. The Hall–Kier alpha value is -0.870. The van der Waals surface area contributed by atoms with Gasteiger partial charge in [0.05, 0.1) is 5.60 Å². The summed E-state index contributed by atoms with van der Waals surface area (Å²) in [6.07, 6.45) is 8.13. The number of carbonyl (C=O) groups is 1. The highest BCUT2D eigenvalue weighted by Crippen LogP contribution is 2.21. The summed E-state index contributed by atoms with van der Waals surface area (Å²) in [6, 6.07) is 0. The lowest BCUT2D eigenvalue weighted by atomic mass is 9.91. The van der Waals surface area contributed by atoms with Crippen LogP contribution in [0.1, 0.15) is 32.1 Å². The highest BCUT2D eigenvalue weighted by atomic mass is 16.5. The highest BCUT2D eigenvalue weighted by molar-refractivity contribution is 5.79. The zero-order valence-corrected chi connectivity index (χ0v) is 10.2. The summed E-state index contributed by atoms with van der Waals surface area (Å²) >= 11 is 0. The lowest BCUT2D eigenvalue weighted by Crippen LogP contribution is -2.47. The van der Waals surface area contributed by atoms with E-state index in [1.165, 1.54) is 0 Å². The fourth-order valence-corrected chi connectivity index (χ4v) is 2.36. The second-order valence-corrected chi connectivity index (χ2v) is 5.04. The predicted molar refractivity (Wildman–Crippen MR) is 64.5 cm³/mol. The molecule has 1 fully saturated rings. The van der Waals surface area contributed by atoms with E-state index < -0.39 is 5.60 Å². The molecule has 1 saturated heterocycles. The maximum Gasteiger partial charge on any atom is 0.223 e. The molecular weight excluding hydrogens is 218 g/mol. The van der Waals surface area contributed by atoms with Crippen LogP contribution in [-0.2, 0) is 9.53 Å². The van der Waals surface area contributed by atoms with E-state index in [1.807, 2.05) is 0 Å². The van der Waals surface area contributed by atoms with Gasteiger partial charge in [-0.1, -0.05) is 12.2 Å². The fourth-order valence-electron chi connectivity index (χ4n) is 2.36. The van der Waals surface area contributed by atoms with Crippen molar-refractivity contribution in [1.82, 2.24) is 5.32 Å². The standard InChI is InChI=1S/C13H21NO3/c15-12(11-4-2-1-3-5-11)14-10-13(16)6-8-17-9-7-13/h1-2,11,16H,3-10H2,(H,14,15)/t11-/m1/s1. The Morgan fingerprint density at radius 3 is 2.82 bits per heavy atom. The zero-order valence-electron chi connectivity index (χ0n) is 10.2. The van der Waals surface area contributed by atoms with Gasteiger partial charge in [0.15, 0.2) is 0 Å². The molecular formula is C13H21NO3. The predicted octanol–water partition coefficient (Wildman–Crippen LogP) is 1.00. The Bertz CT molecular complexity index is 295. The fraction of sp³-hybridized carbons (Fsp3) is 0.769. The number of hydrogen-bond donors (Lipinski definition) is 2. The SMILES string of the molecule is O=C(NCC1(O)CCOCC1)[C@@H]1CC=CCC1. The first-order valence-electron chi connectivity index (χ1n) is 6.42. The highest BCUT2D eigenvalue weighted by Gasteiger charge is 2.31. The van der Waals surface area contributed by atoms with Crippen LogP contribution in [0.5, 0.6) is 0 Å². The van der Waals surface area contributed by atoms with Crippen LogP contribution < -0.4 is 5.32 Å². The van der Waals surface area contributed by atoms with E-state index in [2.05, 4.69) is 17.5 Å². The maximum absolute atomic E-state index is 11.9. The van der Waals surface area contributed by atoms with Crippen molar-refractivity contribution in [2.45, 2.75) is 37.7 Å². The van der Waals surface area contributed by atoms with Gasteiger partial charge in [-0.25, -0.2) is 0 Å². The number of rotatable bonds is 3. The van der Waals surface area contributed by atoms with E-state index in [0.29, 0.717) is 32.6 Å². The van der Waals surface area contributed by atoms with Crippen molar-refractivity contribution in [2.75, 3.05) is 19.8 Å². The minimum absolute atomic E-state index is 0.0780. The van der Waals surface area contributed by atoms with Gasteiger partial charge in [0, 0.05) is 38.5 Å². The minimum atomic E-state index is -0.765. The van der Waals surface area contributed by atoms with Gasteiger partial charge in [-0.2, -0.15) is 0 Å². The second-order valence-electron chi connectivity index (χ2n) is 5.04. The average molecular weight is 239 g/mol. The van der Waals surface area contributed by atoms with E-state index >= 15 is 0 Å². The van der Waals surface area contributed by atoms with Crippen molar-refractivity contribution in [2.24, 2.45) is 5.92 Å². The molecule has 2 rings (SSSR count). The van der Waals surface area contributed by atoms with Crippen LogP contribution in [0, 0.1) is 5.92 Å². The van der Waals surface area contributed by atoms with Gasteiger partial charge in [-0.3, -0.25) is 4.79 Å². The minimum Gasteiger partial charge on any atom is -0.388 e. The molecule has 4 nitrogen and oxygen atoms in total. The van der Waals surface area contributed by atoms with E-state index in [-0.39, 0.29) is 11.8 Å². The van der Waals surface area contributed by atoms with Gasteiger partial charge in [0.2, 0.25) is 5.91 Å². The number of nitrogens with one attached hydrogen (secondary N) is 1. The summed E-state index contributed by atoms with van der Waals surface area (Å²) < 4.78 is 5.21. The average Bonchev–Trinajstić information content (AvgIpc) is 2.38. The third kappa shape index (κ3) is 3.54. The second kappa shape index (κ2) is 5.65. The summed E-state index contributed by atoms with van der Waals surface area (Å²) in [5.74, 6) is 0.165. The molecule has 2 N–H and O–H groups in total. The summed E-state index contributed by atoms with van der Waals surface area (Å²) in [4.78, 5) is 11.9. The van der Waals surface area contributed by atoms with Gasteiger partial charge in [-0.15, -0.1) is 0 Å². The topological polar surface area (TPSA) is 58.6 Å². The Morgan fingerprint density at radius 1 is 1.41 bits per heavy atom. The van der Waals surface area contributed by atoms with Crippen molar-refractivity contribution in [3.63, 3.8) is 0 Å². The maximum atomic E-state index is 11.9. The number of aliphatic hydroxyl groups is 1. The lowest BCUT2D eigenvalue weighted by molar-refractivity contribution is -0.128. The first-order valence-corrected chi connectivity index (χ1v) is 6.42. The van der Waals surface area contributed by atoms with Gasteiger partial charge in [0.1, 0.15) is 0 Å². The molecule has 4 heteroatoms. The zero-order chi connectivity index (χ0) is 12.1. The van der Waals surface area contributed by atoms with Crippen molar-refractivity contribution in [1.29, 1.82) is 0 Å². The van der Waals surface area contributed by atoms with E-state index in [0.717, 1.165) is 19.3 Å². The quantitative estimate of drug-likeness (QED) is 0.722. The van der Waals surface area contributed by atoms with Gasteiger partial charge < -0.3 is 15.2 Å². The monoisotopic (exact) mass is 239 g/mol. The van der Waals surface area contributed by atoms with Crippen LogP contribution >= 0.6 is 0 Å². The number of allylic oxidation sites excluding steroid dienone is 2. The summed E-state index contributed by atoms with van der Waals surface area (Å²) in [6.45, 7) is 1.52. The molecule has 0 unspecified atom stereocenters. The summed E-state index contributed by atoms with van der Waals surface area (Å²) in [5.41, 5.74) is -0.765. The number of ether oxygens (including phenoxy) is 1.